The summed E-state index contributed by atoms with van der Waals surface area (Å²) in [5, 5.41) is 3.60. The molecule has 2 nitrogen and oxygen atoms in total. The molecule has 18 heavy (non-hydrogen) atoms. The van der Waals surface area contributed by atoms with E-state index in [0.717, 1.165) is 12.5 Å². The van der Waals surface area contributed by atoms with Crippen molar-refractivity contribution in [2.75, 3.05) is 24.5 Å². The monoisotopic (exact) mass is 246 g/mol. The van der Waals surface area contributed by atoms with Crippen molar-refractivity contribution in [3.63, 3.8) is 0 Å². The average Bonchev–Trinajstić information content (AvgIpc) is 2.38. The van der Waals surface area contributed by atoms with Crippen molar-refractivity contribution >= 4 is 5.69 Å². The van der Waals surface area contributed by atoms with Gasteiger partial charge in [0.15, 0.2) is 0 Å². The highest BCUT2D eigenvalue weighted by molar-refractivity contribution is 5.56. The molecule has 0 amide bonds. The third-order valence-electron chi connectivity index (χ3n) is 3.77. The first-order valence-electron chi connectivity index (χ1n) is 7.29. The topological polar surface area (TPSA) is 15.3 Å². The zero-order valence-corrected chi connectivity index (χ0v) is 11.9. The van der Waals surface area contributed by atoms with E-state index in [1.54, 1.807) is 0 Å². The lowest BCUT2D eigenvalue weighted by Gasteiger charge is -2.36. The van der Waals surface area contributed by atoms with Crippen molar-refractivity contribution in [3.8, 4) is 0 Å². The smallest absolute Gasteiger partial charge is 0.0414 e. The van der Waals surface area contributed by atoms with Crippen LogP contribution in [0.5, 0.6) is 0 Å². The standard InChI is InChI=1S/C16H26N2/c1-4-17-15-10-12-18(11-9-13(2)3)16-8-6-5-7-14(15)16/h5-8,13,15,17H,4,9-12H2,1-3H3. The summed E-state index contributed by atoms with van der Waals surface area (Å²) >= 11 is 0. The second kappa shape index (κ2) is 6.24. The van der Waals surface area contributed by atoms with Gasteiger partial charge in [0.2, 0.25) is 0 Å². The Hall–Kier alpha value is -1.02. The fraction of sp³-hybridized carbons (Fsp3) is 0.625. The summed E-state index contributed by atoms with van der Waals surface area (Å²) in [6.45, 7) is 10.2. The van der Waals surface area contributed by atoms with Crippen LogP contribution in [-0.2, 0) is 0 Å². The van der Waals surface area contributed by atoms with Crippen LogP contribution in [0.15, 0.2) is 24.3 Å². The highest BCUT2D eigenvalue weighted by Crippen LogP contribution is 2.33. The van der Waals surface area contributed by atoms with Crippen LogP contribution in [0.25, 0.3) is 0 Å². The minimum Gasteiger partial charge on any atom is -0.371 e. The Morgan fingerprint density at radius 2 is 2.11 bits per heavy atom. The molecule has 1 unspecified atom stereocenters. The van der Waals surface area contributed by atoms with Gasteiger partial charge in [-0.25, -0.2) is 0 Å². The van der Waals surface area contributed by atoms with Gasteiger partial charge in [0.25, 0.3) is 0 Å². The van der Waals surface area contributed by atoms with Gasteiger partial charge < -0.3 is 10.2 Å². The molecular weight excluding hydrogens is 220 g/mol. The Morgan fingerprint density at radius 1 is 1.33 bits per heavy atom. The number of nitrogens with one attached hydrogen (secondary N) is 1. The molecule has 1 N–H and O–H groups in total. The van der Waals surface area contributed by atoms with Gasteiger partial charge in [-0.15, -0.1) is 0 Å². The Bertz CT molecular complexity index is 373. The van der Waals surface area contributed by atoms with Crippen LogP contribution in [0, 0.1) is 5.92 Å². The predicted molar refractivity (Wildman–Crippen MR) is 79.1 cm³/mol. The molecule has 0 saturated carbocycles. The Kier molecular flexibility index (Phi) is 4.65. The van der Waals surface area contributed by atoms with Crippen molar-refractivity contribution in [2.45, 2.75) is 39.7 Å². The fourth-order valence-corrected chi connectivity index (χ4v) is 2.74. The predicted octanol–water partition coefficient (Wildman–Crippen LogP) is 3.59. The van der Waals surface area contributed by atoms with Crippen LogP contribution in [0.1, 0.15) is 45.2 Å². The molecule has 100 valence electrons. The molecular formula is C16H26N2. The van der Waals surface area contributed by atoms with Gasteiger partial charge in [-0.3, -0.25) is 0 Å². The van der Waals surface area contributed by atoms with E-state index in [1.807, 2.05) is 0 Å². The number of benzene rings is 1. The molecule has 2 heteroatoms. The highest BCUT2D eigenvalue weighted by atomic mass is 15.1. The molecule has 2 rings (SSSR count). The zero-order valence-electron chi connectivity index (χ0n) is 11.9. The van der Waals surface area contributed by atoms with Crippen LogP contribution in [0.3, 0.4) is 0 Å². The summed E-state index contributed by atoms with van der Waals surface area (Å²) in [5.74, 6) is 0.781. The van der Waals surface area contributed by atoms with E-state index in [1.165, 1.54) is 37.2 Å². The first-order valence-corrected chi connectivity index (χ1v) is 7.29. The number of para-hydroxylation sites is 1. The maximum absolute atomic E-state index is 3.60. The molecule has 0 radical (unpaired) electrons. The molecule has 1 atom stereocenters. The van der Waals surface area contributed by atoms with Gasteiger partial charge in [-0.2, -0.15) is 0 Å². The summed E-state index contributed by atoms with van der Waals surface area (Å²) in [6, 6.07) is 9.43. The van der Waals surface area contributed by atoms with Crippen molar-refractivity contribution in [3.05, 3.63) is 29.8 Å². The van der Waals surface area contributed by atoms with Gasteiger partial charge in [0.05, 0.1) is 0 Å². The number of hydrogen-bond donors (Lipinski definition) is 1. The Balaban J connectivity index is 2.14. The summed E-state index contributed by atoms with van der Waals surface area (Å²) < 4.78 is 0. The van der Waals surface area contributed by atoms with Crippen molar-refractivity contribution < 1.29 is 0 Å². The van der Waals surface area contributed by atoms with E-state index in [0.29, 0.717) is 6.04 Å². The Labute approximate surface area is 111 Å². The van der Waals surface area contributed by atoms with Crippen molar-refractivity contribution in [2.24, 2.45) is 5.92 Å². The average molecular weight is 246 g/mol. The van der Waals surface area contributed by atoms with E-state index < -0.39 is 0 Å². The van der Waals surface area contributed by atoms with E-state index in [9.17, 15) is 0 Å². The van der Waals surface area contributed by atoms with E-state index in [2.05, 4.69) is 55.3 Å². The largest absolute Gasteiger partial charge is 0.371 e. The number of anilines is 1. The van der Waals surface area contributed by atoms with Gasteiger partial charge in [0.1, 0.15) is 0 Å². The fourth-order valence-electron chi connectivity index (χ4n) is 2.74. The molecule has 1 aromatic carbocycles. The van der Waals surface area contributed by atoms with Crippen LogP contribution in [-0.4, -0.2) is 19.6 Å². The molecule has 0 bridgehead atoms. The third-order valence-corrected chi connectivity index (χ3v) is 3.77. The van der Waals surface area contributed by atoms with Gasteiger partial charge in [-0.05, 0) is 36.9 Å². The second-order valence-corrected chi connectivity index (χ2v) is 5.63. The van der Waals surface area contributed by atoms with Crippen molar-refractivity contribution in [1.82, 2.24) is 5.32 Å². The lowest BCUT2D eigenvalue weighted by atomic mass is 9.95. The molecule has 0 aromatic heterocycles. The van der Waals surface area contributed by atoms with E-state index in [4.69, 9.17) is 0 Å². The van der Waals surface area contributed by atoms with Crippen LogP contribution in [0.4, 0.5) is 5.69 Å². The lowest BCUT2D eigenvalue weighted by molar-refractivity contribution is 0.478. The zero-order chi connectivity index (χ0) is 13.0. The number of rotatable bonds is 5. The molecule has 1 aromatic rings. The van der Waals surface area contributed by atoms with Crippen LogP contribution in [0.2, 0.25) is 0 Å². The summed E-state index contributed by atoms with van der Waals surface area (Å²) in [5.41, 5.74) is 2.92. The normalized spacial score (nSPS) is 19.1. The number of hydrogen-bond acceptors (Lipinski definition) is 2. The molecule has 0 saturated heterocycles. The van der Waals surface area contributed by atoms with E-state index in [-0.39, 0.29) is 0 Å². The third kappa shape index (κ3) is 3.05. The molecule has 0 spiro atoms. The maximum Gasteiger partial charge on any atom is 0.0414 e. The SMILES string of the molecule is CCNC1CCN(CCC(C)C)c2ccccc21. The molecule has 0 aliphatic carbocycles. The van der Waals surface area contributed by atoms with Crippen molar-refractivity contribution in [1.29, 1.82) is 0 Å². The van der Waals surface area contributed by atoms with Gasteiger partial charge >= 0.3 is 0 Å². The highest BCUT2D eigenvalue weighted by Gasteiger charge is 2.23. The number of nitrogens with zero attached hydrogens (tertiary/aromatic N) is 1. The molecule has 1 aliphatic heterocycles. The second-order valence-electron chi connectivity index (χ2n) is 5.63. The first-order chi connectivity index (χ1) is 8.72. The minimum atomic E-state index is 0.543. The van der Waals surface area contributed by atoms with Gasteiger partial charge in [-0.1, -0.05) is 39.0 Å². The summed E-state index contributed by atoms with van der Waals surface area (Å²) in [4.78, 5) is 2.56. The number of fused-ring (bicyclic) bond motifs is 1. The molecule has 1 aliphatic rings. The molecule has 1 heterocycles. The van der Waals surface area contributed by atoms with Crippen LogP contribution >= 0.6 is 0 Å². The quantitative estimate of drug-likeness (QED) is 0.854. The summed E-state index contributed by atoms with van der Waals surface area (Å²) in [7, 11) is 0. The van der Waals surface area contributed by atoms with E-state index >= 15 is 0 Å². The van der Waals surface area contributed by atoms with Crippen LogP contribution < -0.4 is 10.2 Å². The Morgan fingerprint density at radius 3 is 2.83 bits per heavy atom. The summed E-state index contributed by atoms with van der Waals surface area (Å²) in [6.07, 6.45) is 2.50. The minimum absolute atomic E-state index is 0.543. The van der Waals surface area contributed by atoms with Gasteiger partial charge in [0, 0.05) is 24.8 Å². The lowest BCUT2D eigenvalue weighted by Crippen LogP contribution is -2.36. The first kappa shape index (κ1) is 13.4. The molecule has 0 fully saturated rings. The maximum atomic E-state index is 3.60.